The highest BCUT2D eigenvalue weighted by Gasteiger charge is 2.30. The van der Waals surface area contributed by atoms with E-state index in [0.717, 1.165) is 47.7 Å². The molecule has 0 radical (unpaired) electrons. The maximum Gasteiger partial charge on any atom is 0.251 e. The fraction of sp³-hybridized carbons (Fsp3) is 0.333. The van der Waals surface area contributed by atoms with Crippen LogP contribution in [0.2, 0.25) is 0 Å². The van der Waals surface area contributed by atoms with Crippen LogP contribution in [0.1, 0.15) is 38.2 Å². The second kappa shape index (κ2) is 10.2. The monoisotopic (exact) mass is 483 g/mol. The van der Waals surface area contributed by atoms with Crippen LogP contribution >= 0.6 is 0 Å². The fourth-order valence-electron chi connectivity index (χ4n) is 4.61. The van der Waals surface area contributed by atoms with Crippen molar-refractivity contribution in [3.8, 4) is 11.4 Å². The van der Waals surface area contributed by atoms with E-state index < -0.39 is 6.04 Å². The number of nitrogens with zero attached hydrogens (tertiary/aromatic N) is 6. The van der Waals surface area contributed by atoms with Gasteiger partial charge in [0.2, 0.25) is 11.7 Å². The minimum atomic E-state index is -0.735. The average Bonchev–Trinajstić information content (AvgIpc) is 3.57. The Bertz CT molecular complexity index is 1380. The van der Waals surface area contributed by atoms with E-state index in [4.69, 9.17) is 0 Å². The molecule has 2 amide bonds. The first-order valence-electron chi connectivity index (χ1n) is 12.3. The fourth-order valence-corrected chi connectivity index (χ4v) is 4.61. The molecule has 9 heteroatoms. The Labute approximate surface area is 209 Å². The largest absolute Gasteiger partial charge is 0.352 e. The Morgan fingerprint density at radius 3 is 2.64 bits per heavy atom. The number of aryl methyl sites for hydroxylation is 1. The number of anilines is 1. The van der Waals surface area contributed by atoms with Crippen LogP contribution in [0.15, 0.2) is 60.8 Å². The number of nitrogens with one attached hydrogen (secondary N) is 1. The van der Waals surface area contributed by atoms with Gasteiger partial charge in [-0.05, 0) is 44.0 Å². The molecule has 1 saturated carbocycles. The van der Waals surface area contributed by atoms with Crippen molar-refractivity contribution in [2.45, 2.75) is 58.2 Å². The summed E-state index contributed by atoms with van der Waals surface area (Å²) in [5.41, 5.74) is 3.31. The number of hydrogen-bond donors (Lipinski definition) is 1. The molecule has 1 fully saturated rings. The average molecular weight is 484 g/mol. The predicted octanol–water partition coefficient (Wildman–Crippen LogP) is 3.68. The Morgan fingerprint density at radius 2 is 1.86 bits per heavy atom. The van der Waals surface area contributed by atoms with E-state index in [1.165, 1.54) is 9.70 Å². The van der Waals surface area contributed by atoms with Crippen molar-refractivity contribution in [3.63, 3.8) is 0 Å². The number of rotatable bonds is 7. The highest BCUT2D eigenvalue weighted by Crippen LogP contribution is 2.24. The van der Waals surface area contributed by atoms with Crippen LogP contribution in [0.25, 0.3) is 22.3 Å². The number of fused-ring (bicyclic) bond motifs is 1. The highest BCUT2D eigenvalue weighted by atomic mass is 16.2. The molecule has 184 valence electrons. The summed E-state index contributed by atoms with van der Waals surface area (Å²) in [4.78, 5) is 34.0. The van der Waals surface area contributed by atoms with Crippen molar-refractivity contribution in [1.82, 2.24) is 30.5 Å². The number of aromatic nitrogens is 5. The van der Waals surface area contributed by atoms with Crippen molar-refractivity contribution in [3.05, 3.63) is 66.4 Å². The Balaban J connectivity index is 1.41. The molecule has 0 saturated heterocycles. The summed E-state index contributed by atoms with van der Waals surface area (Å²) in [6.45, 7) is 3.59. The van der Waals surface area contributed by atoms with Crippen molar-refractivity contribution in [1.29, 1.82) is 0 Å². The molecule has 0 spiro atoms. The molecule has 2 aromatic carbocycles. The van der Waals surface area contributed by atoms with E-state index in [-0.39, 0.29) is 24.4 Å². The molecule has 1 aliphatic carbocycles. The Morgan fingerprint density at radius 1 is 1.11 bits per heavy atom. The first-order valence-corrected chi connectivity index (χ1v) is 12.3. The summed E-state index contributed by atoms with van der Waals surface area (Å²) >= 11 is 0. The molecule has 1 unspecified atom stereocenters. The van der Waals surface area contributed by atoms with E-state index in [9.17, 15) is 9.59 Å². The van der Waals surface area contributed by atoms with Gasteiger partial charge in [0.15, 0.2) is 0 Å². The van der Waals surface area contributed by atoms with Crippen LogP contribution in [-0.4, -0.2) is 49.1 Å². The normalized spacial score (nSPS) is 14.6. The molecule has 2 heterocycles. The number of carbonyl (C=O) groups excluding carboxylic acids is 2. The first-order chi connectivity index (χ1) is 17.5. The van der Waals surface area contributed by atoms with Crippen molar-refractivity contribution in [2.75, 3.05) is 4.90 Å². The second-order valence-corrected chi connectivity index (χ2v) is 9.33. The number of benzene rings is 2. The lowest BCUT2D eigenvalue weighted by Crippen LogP contribution is -2.51. The van der Waals surface area contributed by atoms with Gasteiger partial charge >= 0.3 is 0 Å². The quantitative estimate of drug-likeness (QED) is 0.430. The third-order valence-electron chi connectivity index (χ3n) is 6.63. The number of pyridine rings is 1. The summed E-state index contributed by atoms with van der Waals surface area (Å²) in [5.74, 6) is -0.0712. The van der Waals surface area contributed by atoms with Gasteiger partial charge in [-0.25, -0.2) is 0 Å². The zero-order valence-electron chi connectivity index (χ0n) is 20.5. The molecule has 0 bridgehead atoms. The van der Waals surface area contributed by atoms with Gasteiger partial charge in [-0.2, -0.15) is 4.80 Å². The van der Waals surface area contributed by atoms with Gasteiger partial charge in [-0.15, -0.1) is 10.2 Å². The number of amides is 2. The van der Waals surface area contributed by atoms with E-state index >= 15 is 0 Å². The summed E-state index contributed by atoms with van der Waals surface area (Å²) in [6, 6.07) is 16.8. The van der Waals surface area contributed by atoms with Gasteiger partial charge < -0.3 is 5.32 Å². The molecular formula is C27H29N7O2. The maximum atomic E-state index is 13.6. The highest BCUT2D eigenvalue weighted by molar-refractivity contribution is 6.01. The van der Waals surface area contributed by atoms with Crippen molar-refractivity contribution < 1.29 is 9.59 Å². The molecule has 0 aliphatic heterocycles. The van der Waals surface area contributed by atoms with E-state index in [2.05, 4.69) is 25.7 Å². The third kappa shape index (κ3) is 5.10. The number of carbonyl (C=O) groups is 2. The molecule has 9 nitrogen and oxygen atoms in total. The molecule has 1 aliphatic rings. The minimum absolute atomic E-state index is 0.153. The van der Waals surface area contributed by atoms with Gasteiger partial charge in [0.1, 0.15) is 12.6 Å². The Kier molecular flexibility index (Phi) is 6.71. The molecule has 2 aromatic heterocycles. The van der Waals surface area contributed by atoms with Crippen LogP contribution in [0.5, 0.6) is 0 Å². The van der Waals surface area contributed by atoms with Gasteiger partial charge in [-0.1, -0.05) is 60.9 Å². The van der Waals surface area contributed by atoms with Gasteiger partial charge in [0.25, 0.3) is 5.91 Å². The van der Waals surface area contributed by atoms with E-state index in [1.54, 1.807) is 13.1 Å². The van der Waals surface area contributed by atoms with Crippen LogP contribution in [0.4, 0.5) is 5.69 Å². The Hall–Kier alpha value is -4.14. The van der Waals surface area contributed by atoms with Crippen molar-refractivity contribution in [2.24, 2.45) is 0 Å². The molecule has 4 aromatic rings. The topological polar surface area (TPSA) is 106 Å². The van der Waals surface area contributed by atoms with Crippen molar-refractivity contribution >= 4 is 28.4 Å². The maximum absolute atomic E-state index is 13.6. The second-order valence-electron chi connectivity index (χ2n) is 9.33. The third-order valence-corrected chi connectivity index (χ3v) is 6.63. The summed E-state index contributed by atoms with van der Waals surface area (Å²) < 4.78 is 0. The smallest absolute Gasteiger partial charge is 0.251 e. The van der Waals surface area contributed by atoms with Crippen LogP contribution in [-0.2, 0) is 16.1 Å². The molecule has 5 rings (SSSR count). The minimum Gasteiger partial charge on any atom is -0.352 e. The van der Waals surface area contributed by atoms with Gasteiger partial charge in [0, 0.05) is 17.0 Å². The van der Waals surface area contributed by atoms with Crippen LogP contribution < -0.4 is 10.2 Å². The van der Waals surface area contributed by atoms with Crippen LogP contribution in [0, 0.1) is 6.92 Å². The summed E-state index contributed by atoms with van der Waals surface area (Å²) in [7, 11) is 0. The molecule has 1 N–H and O–H groups in total. The lowest BCUT2D eigenvalue weighted by Gasteiger charge is -2.29. The first kappa shape index (κ1) is 23.6. The number of tetrazole rings is 1. The molecular weight excluding hydrogens is 454 g/mol. The zero-order valence-corrected chi connectivity index (χ0v) is 20.5. The molecule has 1 atom stereocenters. The van der Waals surface area contributed by atoms with E-state index in [0.29, 0.717) is 11.5 Å². The summed E-state index contributed by atoms with van der Waals surface area (Å²) in [5, 5.41) is 16.6. The SMILES string of the molecule is Cc1ccc(-c2nnn(CC(=O)N(c3cnc4ccccc4c3)C(C)C(=O)NC3CCCC3)n2)cc1. The number of hydrogen-bond acceptors (Lipinski definition) is 6. The standard InChI is InChI=1S/C27H29N7O2/c1-18-11-13-20(14-12-18)26-30-32-33(31-26)17-25(35)34(19(2)27(36)29-22-8-4-5-9-22)23-15-21-7-3-6-10-24(21)28-16-23/h3,6-7,10-16,19,22H,4-5,8-9,17H2,1-2H3,(H,29,36). The lowest BCUT2D eigenvalue weighted by molar-refractivity contribution is -0.127. The lowest BCUT2D eigenvalue weighted by atomic mass is 10.1. The number of para-hydroxylation sites is 1. The summed E-state index contributed by atoms with van der Waals surface area (Å²) in [6.07, 6.45) is 5.78. The van der Waals surface area contributed by atoms with Gasteiger partial charge in [0.05, 0.1) is 17.4 Å². The van der Waals surface area contributed by atoms with Crippen LogP contribution in [0.3, 0.4) is 0 Å². The zero-order chi connectivity index (χ0) is 25.1. The molecule has 36 heavy (non-hydrogen) atoms. The predicted molar refractivity (Wildman–Crippen MR) is 137 cm³/mol. The van der Waals surface area contributed by atoms with Gasteiger partial charge in [-0.3, -0.25) is 19.5 Å². The van der Waals surface area contributed by atoms with E-state index in [1.807, 2.05) is 61.5 Å².